The monoisotopic (exact) mass is 594 g/mol. The van der Waals surface area contributed by atoms with Crippen LogP contribution in [0.1, 0.15) is 89.9 Å². The van der Waals surface area contributed by atoms with Crippen LogP contribution in [-0.2, 0) is 16.3 Å². The highest BCUT2D eigenvalue weighted by atomic mass is 35.5. The number of rotatable bonds is 19. The molecule has 0 saturated carbocycles. The van der Waals surface area contributed by atoms with Crippen molar-refractivity contribution in [2.24, 2.45) is 0 Å². The van der Waals surface area contributed by atoms with Gasteiger partial charge in [-0.1, -0.05) is 118 Å². The standard InChI is InChI=1S/C34H43ClN2O3S/c35-28-21-19-27(20-22-28)32-33-31(41-30-18-14-13-17-29(30)36-33)25-37(34(32)39)26-40-24-16-12-10-8-6-4-2-1-3-5-7-9-11-15-23-38/h13-14,17-23,25,36H,1-12,15-16,24,26H2. The van der Waals surface area contributed by atoms with E-state index < -0.39 is 0 Å². The maximum atomic E-state index is 13.6. The molecule has 2 aromatic carbocycles. The number of pyridine rings is 1. The van der Waals surface area contributed by atoms with Crippen molar-refractivity contribution < 1.29 is 9.53 Å². The number of hydrogen-bond acceptors (Lipinski definition) is 5. The van der Waals surface area contributed by atoms with Gasteiger partial charge in [-0.2, -0.15) is 0 Å². The average molecular weight is 595 g/mol. The van der Waals surface area contributed by atoms with Gasteiger partial charge in [-0.05, 0) is 42.7 Å². The Kier molecular flexibility index (Phi) is 13.3. The predicted octanol–water partition coefficient (Wildman–Crippen LogP) is 10.0. The largest absolute Gasteiger partial charge is 0.361 e. The van der Waals surface area contributed by atoms with E-state index in [-0.39, 0.29) is 12.3 Å². The van der Waals surface area contributed by atoms with Crippen LogP contribution in [-0.4, -0.2) is 17.5 Å². The number of nitrogens with zero attached hydrogens (tertiary/aromatic N) is 1. The second kappa shape index (κ2) is 17.4. The van der Waals surface area contributed by atoms with Crippen LogP contribution < -0.4 is 10.9 Å². The molecule has 1 aliphatic rings. The number of nitrogens with one attached hydrogen (secondary N) is 1. The molecule has 0 amide bonds. The van der Waals surface area contributed by atoms with Crippen molar-refractivity contribution in [2.45, 2.75) is 106 Å². The summed E-state index contributed by atoms with van der Waals surface area (Å²) in [7, 11) is 0. The lowest BCUT2D eigenvalue weighted by atomic mass is 10.0. The molecule has 0 spiro atoms. The number of unbranched alkanes of at least 4 members (excludes halogenated alkanes) is 13. The first-order chi connectivity index (χ1) is 20.2. The topological polar surface area (TPSA) is 60.3 Å². The number of hydrogen-bond donors (Lipinski definition) is 1. The first-order valence-electron chi connectivity index (χ1n) is 15.3. The van der Waals surface area contributed by atoms with Gasteiger partial charge in [0.25, 0.3) is 5.56 Å². The number of aromatic nitrogens is 1. The third kappa shape index (κ3) is 9.76. The summed E-state index contributed by atoms with van der Waals surface area (Å²) in [6.07, 6.45) is 19.8. The van der Waals surface area contributed by atoms with Crippen LogP contribution >= 0.6 is 23.4 Å². The molecule has 1 aromatic heterocycles. The van der Waals surface area contributed by atoms with E-state index in [0.29, 0.717) is 17.2 Å². The minimum absolute atomic E-state index is 0.0727. The Labute approximate surface area is 254 Å². The molecule has 7 heteroatoms. The van der Waals surface area contributed by atoms with Gasteiger partial charge in [-0.3, -0.25) is 9.36 Å². The molecule has 5 nitrogen and oxygen atoms in total. The molecule has 3 aromatic rings. The average Bonchev–Trinajstić information content (AvgIpc) is 2.99. The number of para-hydroxylation sites is 1. The smallest absolute Gasteiger partial charge is 0.262 e. The Morgan fingerprint density at radius 2 is 1.39 bits per heavy atom. The lowest BCUT2D eigenvalue weighted by Crippen LogP contribution is -2.25. The highest BCUT2D eigenvalue weighted by Gasteiger charge is 2.23. The van der Waals surface area contributed by atoms with Gasteiger partial charge < -0.3 is 14.8 Å². The summed E-state index contributed by atoms with van der Waals surface area (Å²) >= 11 is 7.80. The third-order valence-corrected chi connectivity index (χ3v) is 8.94. The molecule has 0 unspecified atom stereocenters. The molecule has 2 heterocycles. The maximum absolute atomic E-state index is 13.6. The quantitative estimate of drug-likeness (QED) is 0.0864. The molecule has 0 atom stereocenters. The van der Waals surface area contributed by atoms with Crippen molar-refractivity contribution in [3.63, 3.8) is 0 Å². The van der Waals surface area contributed by atoms with E-state index >= 15 is 0 Å². The molecular formula is C34H43ClN2O3S. The zero-order chi connectivity index (χ0) is 28.7. The molecule has 41 heavy (non-hydrogen) atoms. The Morgan fingerprint density at radius 1 is 0.780 bits per heavy atom. The normalized spacial score (nSPS) is 12.0. The summed E-state index contributed by atoms with van der Waals surface area (Å²) in [4.78, 5) is 26.1. The molecule has 4 rings (SSSR count). The van der Waals surface area contributed by atoms with E-state index in [1.54, 1.807) is 16.3 Å². The fourth-order valence-electron chi connectivity index (χ4n) is 5.27. The SMILES string of the molecule is O=CCCCCCCCCCCCCCCCOCn1cc2c(c(-c3ccc(Cl)cc3)c1=O)Nc1ccccc1S2. The molecule has 220 valence electrons. The first-order valence-corrected chi connectivity index (χ1v) is 16.5. The second-order valence-corrected chi connectivity index (χ2v) is 12.4. The van der Waals surface area contributed by atoms with Gasteiger partial charge >= 0.3 is 0 Å². The van der Waals surface area contributed by atoms with E-state index in [2.05, 4.69) is 11.4 Å². The summed E-state index contributed by atoms with van der Waals surface area (Å²) in [5.41, 5.74) is 3.25. The molecule has 1 N–H and O–H groups in total. The van der Waals surface area contributed by atoms with E-state index in [9.17, 15) is 9.59 Å². The summed E-state index contributed by atoms with van der Waals surface area (Å²) in [5, 5.41) is 4.14. The Hall–Kier alpha value is -2.54. The van der Waals surface area contributed by atoms with Crippen molar-refractivity contribution in [2.75, 3.05) is 11.9 Å². The van der Waals surface area contributed by atoms with Crippen molar-refractivity contribution in [1.82, 2.24) is 4.57 Å². The van der Waals surface area contributed by atoms with Crippen LogP contribution in [0.3, 0.4) is 0 Å². The van der Waals surface area contributed by atoms with Crippen LogP contribution in [0.25, 0.3) is 11.1 Å². The third-order valence-electron chi connectivity index (χ3n) is 7.58. The molecule has 0 fully saturated rings. The van der Waals surface area contributed by atoms with E-state index in [1.165, 1.54) is 64.2 Å². The number of benzene rings is 2. The molecule has 0 saturated heterocycles. The number of anilines is 2. The van der Waals surface area contributed by atoms with Crippen LogP contribution in [0.5, 0.6) is 0 Å². The maximum Gasteiger partial charge on any atom is 0.262 e. The zero-order valence-electron chi connectivity index (χ0n) is 24.0. The highest BCUT2D eigenvalue weighted by Crippen LogP contribution is 2.46. The molecule has 0 radical (unpaired) electrons. The van der Waals surface area contributed by atoms with Crippen molar-refractivity contribution in [1.29, 1.82) is 0 Å². The van der Waals surface area contributed by atoms with Gasteiger partial charge in [0.15, 0.2) is 0 Å². The van der Waals surface area contributed by atoms with Gasteiger partial charge in [0.1, 0.15) is 13.0 Å². The summed E-state index contributed by atoms with van der Waals surface area (Å²) in [5.74, 6) is 0. The fraction of sp³-hybridized carbons (Fsp3) is 0.471. The lowest BCUT2D eigenvalue weighted by Gasteiger charge is -2.24. The van der Waals surface area contributed by atoms with Crippen LogP contribution in [0.2, 0.25) is 5.02 Å². The number of fused-ring (bicyclic) bond motifs is 2. The van der Waals surface area contributed by atoms with Crippen molar-refractivity contribution in [3.05, 3.63) is 70.1 Å². The van der Waals surface area contributed by atoms with Crippen LogP contribution in [0.4, 0.5) is 11.4 Å². The van der Waals surface area contributed by atoms with Crippen LogP contribution in [0.15, 0.2) is 69.3 Å². The summed E-state index contributed by atoms with van der Waals surface area (Å²) in [6.45, 7) is 0.896. The first kappa shape index (κ1) is 31.4. The van der Waals surface area contributed by atoms with Gasteiger partial charge in [-0.25, -0.2) is 0 Å². The Bertz CT molecular complexity index is 1290. The summed E-state index contributed by atoms with van der Waals surface area (Å²) in [6, 6.07) is 15.6. The number of aldehydes is 1. The van der Waals surface area contributed by atoms with Gasteiger partial charge in [0.2, 0.25) is 0 Å². The molecule has 0 bridgehead atoms. The Balaban J connectivity index is 1.18. The molecule has 1 aliphatic heterocycles. The van der Waals surface area contributed by atoms with E-state index in [0.717, 1.165) is 58.7 Å². The van der Waals surface area contributed by atoms with E-state index in [1.807, 2.05) is 48.7 Å². The number of halogens is 1. The number of ether oxygens (including phenoxy) is 1. The lowest BCUT2D eigenvalue weighted by molar-refractivity contribution is -0.107. The Morgan fingerprint density at radius 3 is 2.05 bits per heavy atom. The minimum Gasteiger partial charge on any atom is -0.361 e. The predicted molar refractivity (Wildman–Crippen MR) is 172 cm³/mol. The summed E-state index contributed by atoms with van der Waals surface area (Å²) < 4.78 is 7.67. The molecule has 0 aliphatic carbocycles. The minimum atomic E-state index is -0.0727. The van der Waals surface area contributed by atoms with Gasteiger partial charge in [-0.15, -0.1) is 0 Å². The van der Waals surface area contributed by atoms with Crippen molar-refractivity contribution in [3.8, 4) is 11.1 Å². The van der Waals surface area contributed by atoms with Crippen LogP contribution in [0, 0.1) is 0 Å². The zero-order valence-corrected chi connectivity index (χ0v) is 25.6. The van der Waals surface area contributed by atoms with Crippen molar-refractivity contribution >= 4 is 41.0 Å². The van der Waals surface area contributed by atoms with Gasteiger partial charge in [0.05, 0.1) is 21.8 Å². The van der Waals surface area contributed by atoms with E-state index in [4.69, 9.17) is 16.3 Å². The fourth-order valence-corrected chi connectivity index (χ4v) is 6.45. The number of carbonyl (C=O) groups excluding carboxylic acids is 1. The number of carbonyl (C=O) groups is 1. The highest BCUT2D eigenvalue weighted by molar-refractivity contribution is 7.99. The molecular weight excluding hydrogens is 552 g/mol. The second-order valence-electron chi connectivity index (χ2n) is 10.8. The van der Waals surface area contributed by atoms with Gasteiger partial charge in [0, 0.05) is 29.1 Å².